The summed E-state index contributed by atoms with van der Waals surface area (Å²) in [5, 5.41) is 8.38. The van der Waals surface area contributed by atoms with Crippen LogP contribution in [0.15, 0.2) is 42.6 Å². The monoisotopic (exact) mass is 355 g/mol. The first kappa shape index (κ1) is 17.9. The highest BCUT2D eigenvalue weighted by molar-refractivity contribution is 5.70. The molecule has 0 fully saturated rings. The number of nitrogens with zero attached hydrogens (tertiary/aromatic N) is 3. The third-order valence-electron chi connectivity index (χ3n) is 4.28. The van der Waals surface area contributed by atoms with Crippen molar-refractivity contribution >= 4 is 0 Å². The second-order valence-electron chi connectivity index (χ2n) is 6.34. The van der Waals surface area contributed by atoms with Gasteiger partial charge in [-0.1, -0.05) is 37.3 Å². The van der Waals surface area contributed by atoms with E-state index in [-0.39, 0.29) is 11.7 Å². The smallest absolute Gasteiger partial charge is 0.132 e. The van der Waals surface area contributed by atoms with E-state index in [1.165, 1.54) is 6.07 Å². The van der Waals surface area contributed by atoms with E-state index in [0.29, 0.717) is 23.6 Å². The van der Waals surface area contributed by atoms with Crippen molar-refractivity contribution in [3.05, 3.63) is 59.5 Å². The van der Waals surface area contributed by atoms with E-state index in [1.807, 2.05) is 12.1 Å². The normalized spacial score (nSPS) is 11.0. The molecule has 0 amide bonds. The lowest BCUT2D eigenvalue weighted by Gasteiger charge is -2.16. The van der Waals surface area contributed by atoms with Crippen molar-refractivity contribution in [1.82, 2.24) is 15.0 Å². The highest BCUT2D eigenvalue weighted by atomic mass is 19.1. The molecule has 0 aliphatic carbocycles. The zero-order valence-electron chi connectivity index (χ0n) is 15.4. The van der Waals surface area contributed by atoms with Gasteiger partial charge in [-0.25, -0.2) is 9.07 Å². The maximum atomic E-state index is 13.9. The molecular formula is C20H22FN3O2. The largest absolute Gasteiger partial charge is 0.496 e. The fraction of sp³-hybridized carbons (Fsp3) is 0.300. The molecule has 136 valence electrons. The Hall–Kier alpha value is -2.89. The maximum absolute atomic E-state index is 13.9. The van der Waals surface area contributed by atoms with Crippen LogP contribution in [0.2, 0.25) is 0 Å². The zero-order valence-corrected chi connectivity index (χ0v) is 15.4. The number of halogens is 1. The predicted octanol–water partition coefficient (Wildman–Crippen LogP) is 4.27. The molecule has 26 heavy (non-hydrogen) atoms. The molecule has 0 saturated carbocycles. The summed E-state index contributed by atoms with van der Waals surface area (Å²) in [5.74, 6) is 1.46. The molecule has 1 aromatic heterocycles. The van der Waals surface area contributed by atoms with E-state index < -0.39 is 0 Å². The van der Waals surface area contributed by atoms with Gasteiger partial charge in [0.05, 0.1) is 27.0 Å². The van der Waals surface area contributed by atoms with Crippen LogP contribution >= 0.6 is 0 Å². The Morgan fingerprint density at radius 2 is 1.81 bits per heavy atom. The van der Waals surface area contributed by atoms with Crippen molar-refractivity contribution < 1.29 is 13.9 Å². The van der Waals surface area contributed by atoms with Crippen LogP contribution in [-0.2, 0) is 6.54 Å². The van der Waals surface area contributed by atoms with Gasteiger partial charge >= 0.3 is 0 Å². The molecule has 6 heteroatoms. The predicted molar refractivity (Wildman–Crippen MR) is 98.2 cm³/mol. The number of methoxy groups -OCH3 is 2. The van der Waals surface area contributed by atoms with Crippen molar-refractivity contribution in [3.63, 3.8) is 0 Å². The second-order valence-corrected chi connectivity index (χ2v) is 6.34. The molecule has 0 radical (unpaired) electrons. The van der Waals surface area contributed by atoms with E-state index in [2.05, 4.69) is 24.2 Å². The van der Waals surface area contributed by atoms with E-state index in [9.17, 15) is 4.39 Å². The van der Waals surface area contributed by atoms with Gasteiger partial charge in [0, 0.05) is 17.2 Å². The Kier molecular flexibility index (Phi) is 5.21. The minimum Gasteiger partial charge on any atom is -0.496 e. The molecule has 5 nitrogen and oxygen atoms in total. The zero-order chi connectivity index (χ0) is 18.7. The summed E-state index contributed by atoms with van der Waals surface area (Å²) >= 11 is 0. The maximum Gasteiger partial charge on any atom is 0.132 e. The van der Waals surface area contributed by atoms with Crippen LogP contribution in [0.25, 0.3) is 11.3 Å². The molecule has 0 unspecified atom stereocenters. The molecule has 3 rings (SSSR count). The summed E-state index contributed by atoms with van der Waals surface area (Å²) < 4.78 is 26.5. The Balaban J connectivity index is 1.98. The van der Waals surface area contributed by atoms with Gasteiger partial charge in [-0.3, -0.25) is 0 Å². The van der Waals surface area contributed by atoms with Crippen LogP contribution < -0.4 is 9.47 Å². The van der Waals surface area contributed by atoms with Gasteiger partial charge in [-0.2, -0.15) is 0 Å². The minimum atomic E-state index is -0.256. The highest BCUT2D eigenvalue weighted by Gasteiger charge is 2.17. The van der Waals surface area contributed by atoms with Gasteiger partial charge in [0.1, 0.15) is 23.0 Å². The summed E-state index contributed by atoms with van der Waals surface area (Å²) in [6.07, 6.45) is 1.79. The van der Waals surface area contributed by atoms with Crippen LogP contribution in [0.3, 0.4) is 0 Å². The van der Waals surface area contributed by atoms with E-state index in [0.717, 1.165) is 16.9 Å². The molecule has 0 atom stereocenters. The Bertz CT molecular complexity index is 906. The highest BCUT2D eigenvalue weighted by Crippen LogP contribution is 2.38. The summed E-state index contributed by atoms with van der Waals surface area (Å²) in [6, 6.07) is 10.5. The molecule has 2 aromatic carbocycles. The topological polar surface area (TPSA) is 49.2 Å². The number of hydrogen-bond donors (Lipinski definition) is 0. The third kappa shape index (κ3) is 3.54. The van der Waals surface area contributed by atoms with Crippen molar-refractivity contribution in [2.75, 3.05) is 14.2 Å². The quantitative estimate of drug-likeness (QED) is 0.662. The van der Waals surface area contributed by atoms with Gasteiger partial charge in [0.2, 0.25) is 0 Å². The Morgan fingerprint density at radius 3 is 2.46 bits per heavy atom. The molecule has 0 saturated heterocycles. The molecule has 0 bridgehead atoms. The van der Waals surface area contributed by atoms with E-state index >= 15 is 0 Å². The SMILES string of the molecule is COc1cc(OC)c(C(C)C)cc1-c1cn(Cc2ccccc2F)nn1. The minimum absolute atomic E-state index is 0.256. The third-order valence-corrected chi connectivity index (χ3v) is 4.28. The second kappa shape index (κ2) is 7.56. The van der Waals surface area contributed by atoms with Gasteiger partial charge in [0.15, 0.2) is 0 Å². The first-order chi connectivity index (χ1) is 12.5. The van der Waals surface area contributed by atoms with Gasteiger partial charge in [-0.15, -0.1) is 5.10 Å². The number of benzene rings is 2. The molecule has 3 aromatic rings. The number of ether oxygens (including phenoxy) is 2. The summed E-state index contributed by atoms with van der Waals surface area (Å²) in [7, 11) is 3.25. The van der Waals surface area contributed by atoms with Crippen LogP contribution in [0.4, 0.5) is 4.39 Å². The van der Waals surface area contributed by atoms with E-state index in [1.54, 1.807) is 43.3 Å². The van der Waals surface area contributed by atoms with Gasteiger partial charge in [0.25, 0.3) is 0 Å². The Labute approximate surface area is 152 Å². The van der Waals surface area contributed by atoms with Crippen LogP contribution in [-0.4, -0.2) is 29.2 Å². The standard InChI is InChI=1S/C20H22FN3O2/c1-13(2)15-9-16(20(26-4)10-19(15)25-3)18-12-24(23-22-18)11-14-7-5-6-8-17(14)21/h5-10,12-13H,11H2,1-4H3. The van der Waals surface area contributed by atoms with E-state index in [4.69, 9.17) is 9.47 Å². The van der Waals surface area contributed by atoms with Crippen molar-refractivity contribution in [3.8, 4) is 22.8 Å². The summed E-state index contributed by atoms with van der Waals surface area (Å²) in [6.45, 7) is 4.52. The van der Waals surface area contributed by atoms with Gasteiger partial charge < -0.3 is 9.47 Å². The molecule has 0 aliphatic rings. The molecule has 0 N–H and O–H groups in total. The van der Waals surface area contributed by atoms with Crippen LogP contribution in [0.1, 0.15) is 30.9 Å². The number of aromatic nitrogens is 3. The van der Waals surface area contributed by atoms with Gasteiger partial charge in [-0.05, 0) is 23.6 Å². The summed E-state index contributed by atoms with van der Waals surface area (Å²) in [4.78, 5) is 0. The average Bonchev–Trinajstić information content (AvgIpc) is 3.10. The Morgan fingerprint density at radius 1 is 1.08 bits per heavy atom. The van der Waals surface area contributed by atoms with Crippen molar-refractivity contribution in [1.29, 1.82) is 0 Å². The lowest BCUT2D eigenvalue weighted by atomic mass is 9.97. The lowest BCUT2D eigenvalue weighted by Crippen LogP contribution is -2.02. The summed E-state index contributed by atoms with van der Waals surface area (Å²) in [5.41, 5.74) is 3.12. The first-order valence-corrected chi connectivity index (χ1v) is 8.43. The van der Waals surface area contributed by atoms with Crippen LogP contribution in [0, 0.1) is 5.82 Å². The number of hydrogen-bond acceptors (Lipinski definition) is 4. The van der Waals surface area contributed by atoms with Crippen molar-refractivity contribution in [2.45, 2.75) is 26.3 Å². The molecule has 0 spiro atoms. The van der Waals surface area contributed by atoms with Crippen molar-refractivity contribution in [2.24, 2.45) is 0 Å². The average molecular weight is 355 g/mol. The molecule has 1 heterocycles. The van der Waals surface area contributed by atoms with Crippen LogP contribution in [0.5, 0.6) is 11.5 Å². The fourth-order valence-corrected chi connectivity index (χ4v) is 2.88. The first-order valence-electron chi connectivity index (χ1n) is 8.43. The fourth-order valence-electron chi connectivity index (χ4n) is 2.88. The molecular weight excluding hydrogens is 333 g/mol. The lowest BCUT2D eigenvalue weighted by molar-refractivity contribution is 0.390. The number of rotatable bonds is 6. The molecule has 0 aliphatic heterocycles.